The number of hydroxylamine groups is 1. The molecular weight excluding hydrogens is 446 g/mol. The van der Waals surface area contributed by atoms with E-state index in [1.54, 1.807) is 0 Å². The topological polar surface area (TPSA) is 55.4 Å². The first-order chi connectivity index (χ1) is 17.7. The predicted molar refractivity (Wildman–Crippen MR) is 155 cm³/mol. The van der Waals surface area contributed by atoms with Gasteiger partial charge in [0.05, 0.1) is 0 Å². The van der Waals surface area contributed by atoms with Crippen LogP contribution in [0.5, 0.6) is 0 Å². The number of carbonyl (C=O) groups is 2. The van der Waals surface area contributed by atoms with Crippen molar-refractivity contribution in [3.63, 3.8) is 0 Å². The molecule has 0 bridgehead atoms. The average molecular weight is 510 g/mol. The summed E-state index contributed by atoms with van der Waals surface area (Å²) in [6, 6.07) is 0. The lowest BCUT2D eigenvalue weighted by molar-refractivity contribution is -0.158. The largest absolute Gasteiger partial charge is 0.341 e. The molecule has 0 aromatic carbocycles. The average Bonchev–Trinajstić information content (AvgIpc) is 2.88. The molecule has 4 heteroatoms. The van der Waals surface area contributed by atoms with Crippen LogP contribution < -0.4 is 5.48 Å². The summed E-state index contributed by atoms with van der Waals surface area (Å²) in [5.74, 6) is -0.478. The van der Waals surface area contributed by atoms with Crippen molar-refractivity contribution in [1.82, 2.24) is 5.48 Å². The summed E-state index contributed by atoms with van der Waals surface area (Å²) >= 11 is 0. The minimum atomic E-state index is -0.309. The zero-order valence-electron chi connectivity index (χ0n) is 24.5. The molecule has 0 aromatic rings. The van der Waals surface area contributed by atoms with Gasteiger partial charge in [-0.05, 0) is 12.8 Å². The Balaban J connectivity index is 3.28. The predicted octanol–water partition coefficient (Wildman–Crippen LogP) is 10.5. The Kier molecular flexibility index (Phi) is 29.3. The zero-order valence-corrected chi connectivity index (χ0v) is 24.5. The van der Waals surface area contributed by atoms with E-state index in [-0.39, 0.29) is 11.9 Å². The zero-order chi connectivity index (χ0) is 26.4. The molecule has 0 aliphatic carbocycles. The molecule has 0 aliphatic rings. The van der Waals surface area contributed by atoms with Gasteiger partial charge in [0.2, 0.25) is 0 Å². The van der Waals surface area contributed by atoms with Crippen LogP contribution in [0, 0.1) is 0 Å². The highest BCUT2D eigenvalue weighted by molar-refractivity contribution is 5.77. The maximum atomic E-state index is 11.8. The summed E-state index contributed by atoms with van der Waals surface area (Å²) in [6.07, 6.45) is 34.4. The van der Waals surface area contributed by atoms with Crippen LogP contribution >= 0.6 is 0 Å². The van der Waals surface area contributed by atoms with Crippen LogP contribution in [0.4, 0.5) is 0 Å². The Morgan fingerprint density at radius 3 is 1.03 bits per heavy atom. The normalized spacial score (nSPS) is 11.1. The highest BCUT2D eigenvalue weighted by Crippen LogP contribution is 2.14. The first kappa shape index (κ1) is 34.9. The van der Waals surface area contributed by atoms with Gasteiger partial charge in [-0.25, -0.2) is 4.79 Å². The molecule has 0 aromatic heterocycles. The van der Waals surface area contributed by atoms with Crippen molar-refractivity contribution in [3.05, 3.63) is 0 Å². The van der Waals surface area contributed by atoms with Gasteiger partial charge in [0.1, 0.15) is 0 Å². The molecule has 214 valence electrons. The van der Waals surface area contributed by atoms with Crippen LogP contribution in [0.25, 0.3) is 0 Å². The Morgan fingerprint density at radius 1 is 0.417 bits per heavy atom. The van der Waals surface area contributed by atoms with E-state index in [1.165, 1.54) is 141 Å². The number of unbranched alkanes of at least 4 members (excludes halogenated alkanes) is 24. The molecule has 0 aliphatic heterocycles. The Bertz CT molecular complexity index is 424. The molecular formula is C32H63NO3. The van der Waals surface area contributed by atoms with Crippen molar-refractivity contribution < 1.29 is 14.4 Å². The van der Waals surface area contributed by atoms with Crippen molar-refractivity contribution in [3.8, 4) is 0 Å². The molecule has 1 amide bonds. The standard InChI is InChI=1S/C32H63NO3/c1-3-5-7-9-11-13-15-17-19-21-23-25-27-29-31(34)33-36-32(35)30-28-26-24-22-20-18-16-14-12-10-8-6-4-2/h3-30H2,1-2H3,(H,33,34). The molecule has 0 radical (unpaired) electrons. The smallest absolute Gasteiger partial charge is 0.332 e. The molecule has 0 atom stereocenters. The van der Waals surface area contributed by atoms with E-state index < -0.39 is 0 Å². The number of nitrogens with one attached hydrogen (secondary N) is 1. The van der Waals surface area contributed by atoms with Gasteiger partial charge in [0, 0.05) is 12.8 Å². The van der Waals surface area contributed by atoms with E-state index in [2.05, 4.69) is 19.3 Å². The van der Waals surface area contributed by atoms with Crippen molar-refractivity contribution in [1.29, 1.82) is 0 Å². The van der Waals surface area contributed by atoms with Gasteiger partial charge in [-0.2, -0.15) is 5.48 Å². The number of rotatable bonds is 28. The molecule has 0 saturated carbocycles. The van der Waals surface area contributed by atoms with E-state index in [1.807, 2.05) is 0 Å². The summed E-state index contributed by atoms with van der Waals surface area (Å²) in [5.41, 5.74) is 2.33. The summed E-state index contributed by atoms with van der Waals surface area (Å²) in [5, 5.41) is 0. The fourth-order valence-electron chi connectivity index (χ4n) is 4.81. The van der Waals surface area contributed by atoms with Gasteiger partial charge in [-0.3, -0.25) is 4.79 Å². The molecule has 0 saturated heterocycles. The van der Waals surface area contributed by atoms with Gasteiger partial charge in [-0.15, -0.1) is 0 Å². The summed E-state index contributed by atoms with van der Waals surface area (Å²) in [4.78, 5) is 28.6. The molecule has 0 spiro atoms. The van der Waals surface area contributed by atoms with Gasteiger partial charge < -0.3 is 4.84 Å². The quantitative estimate of drug-likeness (QED) is 0.0842. The molecule has 1 N–H and O–H groups in total. The maximum absolute atomic E-state index is 11.8. The third-order valence-electron chi connectivity index (χ3n) is 7.27. The first-order valence-electron chi connectivity index (χ1n) is 16.2. The molecule has 0 rings (SSSR count). The maximum Gasteiger partial charge on any atom is 0.332 e. The van der Waals surface area contributed by atoms with Crippen molar-refractivity contribution >= 4 is 11.9 Å². The minimum absolute atomic E-state index is 0.170. The highest BCUT2D eigenvalue weighted by atomic mass is 16.7. The monoisotopic (exact) mass is 509 g/mol. The summed E-state index contributed by atoms with van der Waals surface area (Å²) < 4.78 is 0. The molecule has 0 heterocycles. The van der Waals surface area contributed by atoms with E-state index in [4.69, 9.17) is 4.84 Å². The number of amides is 1. The van der Waals surface area contributed by atoms with Gasteiger partial charge in [0.25, 0.3) is 5.91 Å². The van der Waals surface area contributed by atoms with Crippen LogP contribution in [0.3, 0.4) is 0 Å². The van der Waals surface area contributed by atoms with Crippen molar-refractivity contribution in [2.75, 3.05) is 0 Å². The number of carbonyl (C=O) groups excluding carboxylic acids is 2. The fraction of sp³-hybridized carbons (Fsp3) is 0.938. The van der Waals surface area contributed by atoms with Crippen LogP contribution in [0.15, 0.2) is 0 Å². The highest BCUT2D eigenvalue weighted by Gasteiger charge is 2.07. The van der Waals surface area contributed by atoms with E-state index in [0.29, 0.717) is 12.8 Å². The Morgan fingerprint density at radius 2 is 0.694 bits per heavy atom. The first-order valence-corrected chi connectivity index (χ1v) is 16.2. The second-order valence-corrected chi connectivity index (χ2v) is 11.0. The van der Waals surface area contributed by atoms with E-state index in [0.717, 1.165) is 25.7 Å². The molecule has 4 nitrogen and oxygen atoms in total. The second kappa shape index (κ2) is 30.2. The van der Waals surface area contributed by atoms with Crippen LogP contribution in [-0.2, 0) is 14.4 Å². The lowest BCUT2D eigenvalue weighted by atomic mass is 10.0. The molecule has 0 fully saturated rings. The number of hydrogen-bond acceptors (Lipinski definition) is 3. The number of hydrogen-bond donors (Lipinski definition) is 1. The SMILES string of the molecule is CCCCCCCCCCCCCCCC(=O)NOC(=O)CCCCCCCCCCCCCCC. The van der Waals surface area contributed by atoms with Crippen LogP contribution in [0.2, 0.25) is 0 Å². The van der Waals surface area contributed by atoms with E-state index >= 15 is 0 Å². The molecule has 36 heavy (non-hydrogen) atoms. The summed E-state index contributed by atoms with van der Waals surface area (Å²) in [6.45, 7) is 4.53. The fourth-order valence-corrected chi connectivity index (χ4v) is 4.81. The Hall–Kier alpha value is -1.06. The third kappa shape index (κ3) is 29.2. The lowest BCUT2D eigenvalue weighted by Crippen LogP contribution is -2.26. The minimum Gasteiger partial charge on any atom is -0.341 e. The third-order valence-corrected chi connectivity index (χ3v) is 7.27. The van der Waals surface area contributed by atoms with Gasteiger partial charge in [-0.1, -0.05) is 168 Å². The Labute approximate surface area is 225 Å². The van der Waals surface area contributed by atoms with Crippen molar-refractivity contribution in [2.24, 2.45) is 0 Å². The van der Waals surface area contributed by atoms with Gasteiger partial charge >= 0.3 is 5.97 Å². The van der Waals surface area contributed by atoms with Crippen molar-refractivity contribution in [2.45, 2.75) is 194 Å². The second-order valence-electron chi connectivity index (χ2n) is 11.0. The lowest BCUT2D eigenvalue weighted by Gasteiger charge is -2.06. The summed E-state index contributed by atoms with van der Waals surface area (Å²) in [7, 11) is 0. The van der Waals surface area contributed by atoms with Gasteiger partial charge in [0.15, 0.2) is 0 Å². The molecule has 0 unspecified atom stereocenters. The van der Waals surface area contributed by atoms with Crippen LogP contribution in [0.1, 0.15) is 194 Å². The van der Waals surface area contributed by atoms with Crippen LogP contribution in [-0.4, -0.2) is 11.9 Å². The van der Waals surface area contributed by atoms with E-state index in [9.17, 15) is 9.59 Å².